The Morgan fingerprint density at radius 1 is 1.20 bits per heavy atom. The topological polar surface area (TPSA) is 127 Å². The van der Waals surface area contributed by atoms with E-state index < -0.39 is 23.7 Å². The van der Waals surface area contributed by atoms with Crippen LogP contribution in [0, 0.1) is 0 Å². The van der Waals surface area contributed by atoms with E-state index in [1.807, 2.05) is 0 Å². The van der Waals surface area contributed by atoms with Crippen molar-refractivity contribution in [1.29, 1.82) is 0 Å². The van der Waals surface area contributed by atoms with Gasteiger partial charge in [-0.15, -0.1) is 0 Å². The van der Waals surface area contributed by atoms with Gasteiger partial charge in [0.05, 0.1) is 19.6 Å². The number of imide groups is 1. The van der Waals surface area contributed by atoms with Crippen molar-refractivity contribution in [2.75, 3.05) is 18.5 Å². The molecule has 1 aliphatic carbocycles. The van der Waals surface area contributed by atoms with Gasteiger partial charge in [-0.2, -0.15) is 0 Å². The summed E-state index contributed by atoms with van der Waals surface area (Å²) in [5, 5.41) is 5.73. The first kappa shape index (κ1) is 28.2. The summed E-state index contributed by atoms with van der Waals surface area (Å²) in [6.45, 7) is 9.03. The van der Waals surface area contributed by atoms with Crippen LogP contribution in [-0.4, -0.2) is 64.6 Å². The van der Waals surface area contributed by atoms with E-state index >= 15 is 0 Å². The minimum absolute atomic E-state index is 0.0429. The smallest absolute Gasteiger partial charge is 0.413 e. The van der Waals surface area contributed by atoms with Gasteiger partial charge in [-0.25, -0.2) is 9.78 Å². The van der Waals surface area contributed by atoms with Crippen LogP contribution >= 0.6 is 0 Å². The third-order valence-electron chi connectivity index (χ3n) is 5.17. The number of nitrogens with zero attached hydrogens (tertiary/aromatic N) is 2. The van der Waals surface area contributed by atoms with Gasteiger partial charge in [0, 0.05) is 24.7 Å². The second-order valence-corrected chi connectivity index (χ2v) is 9.70. The molecule has 0 aliphatic heterocycles. The van der Waals surface area contributed by atoms with Gasteiger partial charge in [0.25, 0.3) is 0 Å². The van der Waals surface area contributed by atoms with E-state index in [-0.39, 0.29) is 37.8 Å². The zero-order chi connectivity index (χ0) is 26.0. The van der Waals surface area contributed by atoms with Gasteiger partial charge in [-0.3, -0.25) is 24.6 Å². The van der Waals surface area contributed by atoms with Crippen LogP contribution in [0.25, 0.3) is 0 Å². The van der Waals surface area contributed by atoms with Crippen LogP contribution in [0.15, 0.2) is 18.3 Å². The first-order valence-electron chi connectivity index (χ1n) is 12.2. The molecule has 1 atom stereocenters. The molecule has 1 saturated carbocycles. The maximum atomic E-state index is 13.0. The first-order valence-corrected chi connectivity index (χ1v) is 12.2. The minimum atomic E-state index is -0.621. The Balaban J connectivity index is 1.93. The van der Waals surface area contributed by atoms with Crippen LogP contribution in [0.1, 0.15) is 72.3 Å². The highest BCUT2D eigenvalue weighted by atomic mass is 16.6. The Bertz CT molecular complexity index is 894. The summed E-state index contributed by atoms with van der Waals surface area (Å²) in [5.41, 5.74) is 0.260. The molecule has 0 saturated heterocycles. The average Bonchev–Trinajstić information content (AvgIpc) is 3.56. The number of ether oxygens (including phenoxy) is 2. The molecule has 0 bridgehead atoms. The summed E-state index contributed by atoms with van der Waals surface area (Å²) in [6, 6.07) is 3.25. The molecular formula is C25H38N4O6. The standard InChI is InChI=1S/C25H38N4O6/c1-6-34-23(32)14-17(2)29(22(31)16-27-19-10-11-19)21(30)9-7-8-18-12-13-26-20(15-18)28-24(33)35-25(3,4)5/h12-13,15,17,19,27H,6-11,14,16H2,1-5H3,(H,26,28,33). The van der Waals surface area contributed by atoms with Crippen LogP contribution in [0.5, 0.6) is 0 Å². The Kier molecular flexibility index (Phi) is 10.6. The predicted octanol–water partition coefficient (Wildman–Crippen LogP) is 3.20. The van der Waals surface area contributed by atoms with Crippen LogP contribution in [0.4, 0.5) is 10.6 Å². The molecule has 194 valence electrons. The van der Waals surface area contributed by atoms with Gasteiger partial charge in [-0.05, 0) is 78.0 Å². The molecule has 1 aromatic rings. The molecule has 35 heavy (non-hydrogen) atoms. The third-order valence-corrected chi connectivity index (χ3v) is 5.17. The van der Waals surface area contributed by atoms with E-state index in [0.29, 0.717) is 24.7 Å². The fraction of sp³-hybridized carbons (Fsp3) is 0.640. The van der Waals surface area contributed by atoms with Crippen molar-refractivity contribution in [3.8, 4) is 0 Å². The molecule has 10 nitrogen and oxygen atoms in total. The maximum absolute atomic E-state index is 13.0. The lowest BCUT2D eigenvalue weighted by molar-refractivity contribution is -0.150. The number of carbonyl (C=O) groups is 4. The van der Waals surface area contributed by atoms with E-state index in [2.05, 4.69) is 15.6 Å². The third kappa shape index (κ3) is 10.9. The van der Waals surface area contributed by atoms with Gasteiger partial charge in [0.1, 0.15) is 11.4 Å². The van der Waals surface area contributed by atoms with Crippen LogP contribution in [0.3, 0.4) is 0 Å². The van der Waals surface area contributed by atoms with Gasteiger partial charge in [0.2, 0.25) is 11.8 Å². The average molecular weight is 491 g/mol. The molecule has 1 aliphatic rings. The number of aryl methyl sites for hydroxylation is 1. The largest absolute Gasteiger partial charge is 0.466 e. The van der Waals surface area contributed by atoms with Crippen molar-refractivity contribution in [2.45, 2.75) is 90.8 Å². The van der Waals surface area contributed by atoms with E-state index in [9.17, 15) is 19.2 Å². The van der Waals surface area contributed by atoms with Crippen molar-refractivity contribution in [1.82, 2.24) is 15.2 Å². The highest BCUT2D eigenvalue weighted by Gasteiger charge is 2.30. The van der Waals surface area contributed by atoms with Crippen molar-refractivity contribution in [3.05, 3.63) is 23.9 Å². The molecular weight excluding hydrogens is 452 g/mol. The number of anilines is 1. The summed E-state index contributed by atoms with van der Waals surface area (Å²) in [6.07, 6.45) is 4.16. The quantitative estimate of drug-likeness (QED) is 0.428. The Morgan fingerprint density at radius 2 is 1.91 bits per heavy atom. The van der Waals surface area contributed by atoms with Crippen molar-refractivity contribution < 1.29 is 28.7 Å². The molecule has 10 heteroatoms. The maximum Gasteiger partial charge on any atom is 0.413 e. The van der Waals surface area contributed by atoms with Gasteiger partial charge < -0.3 is 14.8 Å². The fourth-order valence-corrected chi connectivity index (χ4v) is 3.46. The number of carbonyl (C=O) groups excluding carboxylic acids is 4. The number of pyridine rings is 1. The molecule has 0 radical (unpaired) electrons. The normalized spacial score (nSPS) is 14.1. The first-order chi connectivity index (χ1) is 16.5. The highest BCUT2D eigenvalue weighted by Crippen LogP contribution is 2.19. The molecule has 1 heterocycles. The second kappa shape index (κ2) is 13.2. The monoisotopic (exact) mass is 490 g/mol. The van der Waals surface area contributed by atoms with Crippen LogP contribution in [0.2, 0.25) is 0 Å². The van der Waals surface area contributed by atoms with Gasteiger partial charge >= 0.3 is 12.1 Å². The number of amides is 3. The van der Waals surface area contributed by atoms with Crippen LogP contribution < -0.4 is 10.6 Å². The van der Waals surface area contributed by atoms with Crippen molar-refractivity contribution >= 4 is 29.7 Å². The lowest BCUT2D eigenvalue weighted by Gasteiger charge is -2.27. The number of hydrogen-bond acceptors (Lipinski definition) is 8. The lowest BCUT2D eigenvalue weighted by Crippen LogP contribution is -2.48. The van der Waals surface area contributed by atoms with Crippen molar-refractivity contribution in [2.24, 2.45) is 0 Å². The predicted molar refractivity (Wildman–Crippen MR) is 131 cm³/mol. The SMILES string of the molecule is CCOC(=O)CC(C)N(C(=O)CCCc1ccnc(NC(=O)OC(C)(C)C)c1)C(=O)CNC1CC1. The van der Waals surface area contributed by atoms with Crippen LogP contribution in [-0.2, 0) is 30.3 Å². The number of aromatic nitrogens is 1. The summed E-state index contributed by atoms with van der Waals surface area (Å²) < 4.78 is 10.2. The Morgan fingerprint density at radius 3 is 2.54 bits per heavy atom. The van der Waals surface area contributed by atoms with Crippen molar-refractivity contribution in [3.63, 3.8) is 0 Å². The number of nitrogens with one attached hydrogen (secondary N) is 2. The van der Waals surface area contributed by atoms with E-state index in [0.717, 1.165) is 18.4 Å². The summed E-state index contributed by atoms with van der Waals surface area (Å²) in [4.78, 5) is 55.0. The van der Waals surface area contributed by atoms with E-state index in [1.54, 1.807) is 52.9 Å². The molecule has 0 aromatic carbocycles. The Labute approximate surface area is 207 Å². The van der Waals surface area contributed by atoms with Gasteiger partial charge in [-0.1, -0.05) is 0 Å². The number of esters is 1. The minimum Gasteiger partial charge on any atom is -0.466 e. The summed E-state index contributed by atoms with van der Waals surface area (Å²) >= 11 is 0. The molecule has 2 N–H and O–H groups in total. The van der Waals surface area contributed by atoms with E-state index in [1.165, 1.54) is 4.90 Å². The van der Waals surface area contributed by atoms with Gasteiger partial charge in [0.15, 0.2) is 0 Å². The molecule has 1 unspecified atom stereocenters. The summed E-state index contributed by atoms with van der Waals surface area (Å²) in [7, 11) is 0. The Hall–Kier alpha value is -3.01. The molecule has 0 spiro atoms. The molecule has 1 fully saturated rings. The fourth-order valence-electron chi connectivity index (χ4n) is 3.46. The number of hydrogen-bond donors (Lipinski definition) is 2. The second-order valence-electron chi connectivity index (χ2n) is 9.70. The molecule has 2 rings (SSSR count). The summed E-state index contributed by atoms with van der Waals surface area (Å²) in [5.74, 6) is -0.756. The zero-order valence-electron chi connectivity index (χ0n) is 21.4. The van der Waals surface area contributed by atoms with E-state index in [4.69, 9.17) is 9.47 Å². The lowest BCUT2D eigenvalue weighted by atomic mass is 10.1. The highest BCUT2D eigenvalue weighted by molar-refractivity contribution is 5.97. The molecule has 1 aromatic heterocycles. The number of rotatable bonds is 12. The zero-order valence-corrected chi connectivity index (χ0v) is 21.4. The molecule has 3 amide bonds.